The average molecular weight is 303 g/mol. The number of ketones is 1. The Labute approximate surface area is 132 Å². The van der Waals surface area contributed by atoms with Crippen molar-refractivity contribution in [2.24, 2.45) is 0 Å². The van der Waals surface area contributed by atoms with Gasteiger partial charge in [-0.1, -0.05) is 29.8 Å². The molecule has 4 rings (SSSR count). The van der Waals surface area contributed by atoms with Crippen LogP contribution in [0, 0.1) is 6.92 Å². The number of rotatable bonds is 2. The zero-order valence-corrected chi connectivity index (χ0v) is 12.4. The van der Waals surface area contributed by atoms with Crippen LogP contribution in [-0.4, -0.2) is 11.7 Å². The lowest BCUT2D eigenvalue weighted by Gasteiger charge is -1.99. The number of carbonyl (C=O) groups is 2. The van der Waals surface area contributed by atoms with Gasteiger partial charge in [0.2, 0.25) is 5.78 Å². The fourth-order valence-corrected chi connectivity index (χ4v) is 2.75. The highest BCUT2D eigenvalue weighted by molar-refractivity contribution is 6.35. The second-order valence-electron chi connectivity index (χ2n) is 5.57. The Kier molecular flexibility index (Phi) is 2.91. The molecule has 2 heterocycles. The minimum absolute atomic E-state index is 0.229. The van der Waals surface area contributed by atoms with Crippen LogP contribution in [0.25, 0.3) is 16.5 Å². The summed E-state index contributed by atoms with van der Waals surface area (Å²) in [6.07, 6.45) is 1.35. The van der Waals surface area contributed by atoms with Crippen molar-refractivity contribution >= 4 is 33.9 Å². The number of nitrogens with one attached hydrogen (secondary N) is 1. The predicted octanol–water partition coefficient (Wildman–Crippen LogP) is 3.96. The van der Waals surface area contributed by atoms with Crippen LogP contribution < -0.4 is 5.32 Å². The summed E-state index contributed by atoms with van der Waals surface area (Å²) in [4.78, 5) is 24.6. The van der Waals surface area contributed by atoms with Gasteiger partial charge in [0.1, 0.15) is 5.58 Å². The SMILES string of the molecule is Cc1ccc2c(c1)/C(=C/C(=O)c1cc3ccccc3o1)C(=O)N2. The highest BCUT2D eigenvalue weighted by Gasteiger charge is 2.25. The maximum Gasteiger partial charge on any atom is 0.256 e. The van der Waals surface area contributed by atoms with E-state index in [2.05, 4.69) is 5.32 Å². The molecule has 1 aromatic heterocycles. The number of anilines is 1. The van der Waals surface area contributed by atoms with E-state index in [1.165, 1.54) is 6.08 Å². The van der Waals surface area contributed by atoms with Crippen molar-refractivity contribution in [3.8, 4) is 0 Å². The Morgan fingerprint density at radius 2 is 1.96 bits per heavy atom. The molecule has 0 bridgehead atoms. The maximum absolute atomic E-state index is 12.5. The first-order valence-electron chi connectivity index (χ1n) is 7.29. The number of amides is 1. The first-order valence-corrected chi connectivity index (χ1v) is 7.29. The third kappa shape index (κ3) is 2.25. The number of allylic oxidation sites excluding steroid dienone is 1. The molecule has 0 spiro atoms. The molecule has 4 heteroatoms. The number of carbonyl (C=O) groups excluding carboxylic acids is 2. The minimum atomic E-state index is -0.319. The Bertz CT molecular complexity index is 962. The minimum Gasteiger partial charge on any atom is -0.453 e. The van der Waals surface area contributed by atoms with Gasteiger partial charge in [-0.15, -0.1) is 0 Å². The third-order valence-electron chi connectivity index (χ3n) is 3.90. The van der Waals surface area contributed by atoms with Crippen LogP contribution in [0.2, 0.25) is 0 Å². The van der Waals surface area contributed by atoms with E-state index >= 15 is 0 Å². The van der Waals surface area contributed by atoms with Gasteiger partial charge in [0.05, 0.1) is 5.57 Å². The number of aryl methyl sites for hydroxylation is 1. The molecule has 1 N–H and O–H groups in total. The van der Waals surface area contributed by atoms with E-state index in [1.54, 1.807) is 12.1 Å². The first-order chi connectivity index (χ1) is 11.1. The van der Waals surface area contributed by atoms with E-state index in [4.69, 9.17) is 4.42 Å². The molecule has 4 nitrogen and oxygen atoms in total. The Hall–Kier alpha value is -3.14. The third-order valence-corrected chi connectivity index (χ3v) is 3.90. The normalized spacial score (nSPS) is 15.0. The second-order valence-corrected chi connectivity index (χ2v) is 5.57. The molecule has 23 heavy (non-hydrogen) atoms. The Balaban J connectivity index is 1.76. The van der Waals surface area contributed by atoms with E-state index in [0.29, 0.717) is 11.2 Å². The number of para-hydroxylation sites is 1. The predicted molar refractivity (Wildman–Crippen MR) is 88.3 cm³/mol. The average Bonchev–Trinajstić information content (AvgIpc) is 3.09. The quantitative estimate of drug-likeness (QED) is 0.576. The number of furan rings is 1. The van der Waals surface area contributed by atoms with Gasteiger partial charge in [-0.05, 0) is 31.2 Å². The van der Waals surface area contributed by atoms with E-state index in [9.17, 15) is 9.59 Å². The highest BCUT2D eigenvalue weighted by atomic mass is 16.3. The summed E-state index contributed by atoms with van der Waals surface area (Å²) in [6, 6.07) is 14.8. The van der Waals surface area contributed by atoms with Gasteiger partial charge in [-0.2, -0.15) is 0 Å². The van der Waals surface area contributed by atoms with Crippen molar-refractivity contribution in [1.29, 1.82) is 0 Å². The monoisotopic (exact) mass is 303 g/mol. The number of hydrogen-bond acceptors (Lipinski definition) is 3. The van der Waals surface area contributed by atoms with E-state index in [1.807, 2.05) is 43.3 Å². The van der Waals surface area contributed by atoms with Crippen molar-refractivity contribution in [2.45, 2.75) is 6.92 Å². The van der Waals surface area contributed by atoms with Crippen LogP contribution in [0.5, 0.6) is 0 Å². The van der Waals surface area contributed by atoms with Crippen LogP contribution in [0.15, 0.2) is 59.0 Å². The van der Waals surface area contributed by atoms with Crippen LogP contribution in [0.4, 0.5) is 5.69 Å². The van der Waals surface area contributed by atoms with Gasteiger partial charge in [0, 0.05) is 22.7 Å². The molecule has 0 fully saturated rings. The van der Waals surface area contributed by atoms with Crippen molar-refractivity contribution < 1.29 is 14.0 Å². The van der Waals surface area contributed by atoms with Gasteiger partial charge >= 0.3 is 0 Å². The number of benzene rings is 2. The van der Waals surface area contributed by atoms with E-state index in [-0.39, 0.29) is 17.5 Å². The van der Waals surface area contributed by atoms with Crippen LogP contribution >= 0.6 is 0 Å². The largest absolute Gasteiger partial charge is 0.453 e. The van der Waals surface area contributed by atoms with Gasteiger partial charge in [-0.3, -0.25) is 9.59 Å². The number of fused-ring (bicyclic) bond motifs is 2. The van der Waals surface area contributed by atoms with Crippen molar-refractivity contribution in [2.75, 3.05) is 5.32 Å². The summed E-state index contributed by atoms with van der Waals surface area (Å²) in [6.45, 7) is 1.95. The van der Waals surface area contributed by atoms with Crippen molar-refractivity contribution in [3.05, 3.63) is 71.5 Å². The highest BCUT2D eigenvalue weighted by Crippen LogP contribution is 2.32. The van der Waals surface area contributed by atoms with Crippen LogP contribution in [0.1, 0.15) is 21.7 Å². The van der Waals surface area contributed by atoms with Crippen molar-refractivity contribution in [3.63, 3.8) is 0 Å². The summed E-state index contributed by atoms with van der Waals surface area (Å²) < 4.78 is 5.56. The Morgan fingerprint density at radius 1 is 1.13 bits per heavy atom. The molecule has 112 valence electrons. The van der Waals surface area contributed by atoms with E-state index < -0.39 is 0 Å². The molecule has 0 unspecified atom stereocenters. The Morgan fingerprint density at radius 3 is 2.78 bits per heavy atom. The molecule has 0 atom stereocenters. The summed E-state index contributed by atoms with van der Waals surface area (Å²) in [5, 5.41) is 3.63. The first kappa shape index (κ1) is 13.5. The number of hydrogen-bond donors (Lipinski definition) is 1. The lowest BCUT2D eigenvalue weighted by atomic mass is 10.0. The van der Waals surface area contributed by atoms with Crippen LogP contribution in [0.3, 0.4) is 0 Å². The van der Waals surface area contributed by atoms with Gasteiger partial charge in [0.15, 0.2) is 5.76 Å². The second kappa shape index (κ2) is 4.95. The lowest BCUT2D eigenvalue weighted by Crippen LogP contribution is -2.05. The summed E-state index contributed by atoms with van der Waals surface area (Å²) in [5.74, 6) is -0.358. The molecule has 2 aromatic carbocycles. The maximum atomic E-state index is 12.5. The summed E-state index contributed by atoms with van der Waals surface area (Å²) >= 11 is 0. The van der Waals surface area contributed by atoms with Gasteiger partial charge in [0.25, 0.3) is 5.91 Å². The molecule has 3 aromatic rings. The summed E-state index contributed by atoms with van der Waals surface area (Å²) in [7, 11) is 0. The fraction of sp³-hybridized carbons (Fsp3) is 0.0526. The molecule has 1 aliphatic rings. The lowest BCUT2D eigenvalue weighted by molar-refractivity contribution is -0.110. The molecule has 0 saturated carbocycles. The smallest absolute Gasteiger partial charge is 0.256 e. The van der Waals surface area contributed by atoms with Gasteiger partial charge in [-0.25, -0.2) is 0 Å². The molecule has 1 amide bonds. The van der Waals surface area contributed by atoms with Crippen molar-refractivity contribution in [1.82, 2.24) is 0 Å². The van der Waals surface area contributed by atoms with Gasteiger partial charge < -0.3 is 9.73 Å². The molecule has 0 saturated heterocycles. The zero-order valence-electron chi connectivity index (χ0n) is 12.4. The standard InChI is InChI=1S/C19H13NO3/c1-11-6-7-15-13(8-11)14(19(22)20-15)10-16(21)18-9-12-4-2-3-5-17(12)23-18/h2-10H,1H3,(H,20,22)/b14-10-. The van der Waals surface area contributed by atoms with E-state index in [0.717, 1.165) is 22.2 Å². The fourth-order valence-electron chi connectivity index (χ4n) is 2.75. The molecule has 0 radical (unpaired) electrons. The molecular formula is C19H13NO3. The molecule has 0 aliphatic carbocycles. The topological polar surface area (TPSA) is 59.3 Å². The molecular weight excluding hydrogens is 290 g/mol. The zero-order chi connectivity index (χ0) is 16.0. The summed E-state index contributed by atoms with van der Waals surface area (Å²) in [5.41, 5.74) is 3.53. The molecule has 1 aliphatic heterocycles. The van der Waals surface area contributed by atoms with Crippen LogP contribution in [-0.2, 0) is 4.79 Å².